The largest absolute Gasteiger partial charge is 0.373 e. The van der Waals surface area contributed by atoms with Crippen molar-refractivity contribution in [2.45, 2.75) is 20.0 Å². The van der Waals surface area contributed by atoms with Crippen LogP contribution in [-0.4, -0.2) is 23.4 Å². The van der Waals surface area contributed by atoms with E-state index in [9.17, 15) is 9.18 Å². The van der Waals surface area contributed by atoms with E-state index in [0.29, 0.717) is 11.1 Å². The molecule has 0 bridgehead atoms. The molecule has 0 aliphatic carbocycles. The number of aromatic nitrogens is 2. The van der Waals surface area contributed by atoms with Crippen molar-refractivity contribution in [3.05, 3.63) is 57.8 Å². The van der Waals surface area contributed by atoms with Gasteiger partial charge in [0, 0.05) is 26.2 Å². The Labute approximate surface area is 122 Å². The second kappa shape index (κ2) is 6.49. The predicted molar refractivity (Wildman–Crippen MR) is 80.8 cm³/mol. The molecule has 6 heteroatoms. The molecule has 0 amide bonds. The Balaban J connectivity index is 2.28. The molecular formula is C15H19FN4O. The second-order valence-corrected chi connectivity index (χ2v) is 4.90. The van der Waals surface area contributed by atoms with Gasteiger partial charge in [-0.25, -0.2) is 9.07 Å². The number of hydrogen-bond donors (Lipinski definition) is 1. The molecule has 0 saturated heterocycles. The molecule has 112 valence electrons. The van der Waals surface area contributed by atoms with Crippen LogP contribution in [0.2, 0.25) is 0 Å². The lowest BCUT2D eigenvalue weighted by Gasteiger charge is -2.16. The third kappa shape index (κ3) is 3.66. The van der Waals surface area contributed by atoms with E-state index in [1.807, 2.05) is 18.9 Å². The Kier molecular flexibility index (Phi) is 4.70. The van der Waals surface area contributed by atoms with E-state index >= 15 is 0 Å². The van der Waals surface area contributed by atoms with Crippen LogP contribution in [0, 0.1) is 5.82 Å². The first-order valence-corrected chi connectivity index (χ1v) is 6.80. The molecule has 0 atom stereocenters. The Morgan fingerprint density at radius 3 is 2.62 bits per heavy atom. The maximum atomic E-state index is 13.5. The van der Waals surface area contributed by atoms with E-state index in [0.717, 1.165) is 12.2 Å². The molecule has 2 N–H and O–H groups in total. The molecule has 1 aromatic carbocycles. The number of benzene rings is 1. The summed E-state index contributed by atoms with van der Waals surface area (Å²) in [5.41, 5.74) is 7.43. The lowest BCUT2D eigenvalue weighted by molar-refractivity contribution is 0.607. The zero-order valence-corrected chi connectivity index (χ0v) is 12.2. The van der Waals surface area contributed by atoms with E-state index < -0.39 is 0 Å². The van der Waals surface area contributed by atoms with E-state index in [-0.39, 0.29) is 24.5 Å². The predicted octanol–water partition coefficient (Wildman–Crippen LogP) is 1.35. The maximum absolute atomic E-state index is 13.5. The summed E-state index contributed by atoms with van der Waals surface area (Å²) >= 11 is 0. The number of anilines is 1. The quantitative estimate of drug-likeness (QED) is 0.902. The lowest BCUT2D eigenvalue weighted by Crippen LogP contribution is -2.26. The minimum absolute atomic E-state index is 0.216. The fourth-order valence-electron chi connectivity index (χ4n) is 2.03. The van der Waals surface area contributed by atoms with Gasteiger partial charge in [0.25, 0.3) is 5.56 Å². The van der Waals surface area contributed by atoms with Gasteiger partial charge in [-0.15, -0.1) is 0 Å². The van der Waals surface area contributed by atoms with Crippen LogP contribution >= 0.6 is 0 Å². The van der Waals surface area contributed by atoms with Crippen LogP contribution in [0.15, 0.2) is 35.3 Å². The highest BCUT2D eigenvalue weighted by atomic mass is 19.1. The fraction of sp³-hybridized carbons (Fsp3) is 0.333. The summed E-state index contributed by atoms with van der Waals surface area (Å²) in [6.07, 6.45) is 1.63. The standard InChI is InChI=1S/C15H19FN4O/c1-3-19(2)14-7-15(21)20(18-9-14)10-12-4-11(8-17)5-13(16)6-12/h4-7,9H,3,8,10,17H2,1-2H3. The van der Waals surface area contributed by atoms with Crippen LogP contribution in [-0.2, 0) is 13.1 Å². The van der Waals surface area contributed by atoms with Crippen LogP contribution in [0.5, 0.6) is 0 Å². The van der Waals surface area contributed by atoms with E-state index in [2.05, 4.69) is 5.10 Å². The SMILES string of the molecule is CCN(C)c1cnn(Cc2cc(F)cc(CN)c2)c(=O)c1. The molecule has 0 saturated carbocycles. The molecule has 0 aliphatic heterocycles. The number of hydrogen-bond acceptors (Lipinski definition) is 4. The minimum atomic E-state index is -0.358. The average Bonchev–Trinajstić information content (AvgIpc) is 2.47. The summed E-state index contributed by atoms with van der Waals surface area (Å²) in [6, 6.07) is 6.08. The number of nitrogens with two attached hydrogens (primary N) is 1. The number of rotatable bonds is 5. The summed E-state index contributed by atoms with van der Waals surface area (Å²) < 4.78 is 14.8. The third-order valence-corrected chi connectivity index (χ3v) is 3.36. The van der Waals surface area contributed by atoms with Crippen molar-refractivity contribution in [3.63, 3.8) is 0 Å². The molecule has 21 heavy (non-hydrogen) atoms. The topological polar surface area (TPSA) is 64.2 Å². The average molecular weight is 290 g/mol. The first kappa shape index (κ1) is 15.2. The molecule has 0 spiro atoms. The number of nitrogens with zero attached hydrogens (tertiary/aromatic N) is 3. The van der Waals surface area contributed by atoms with E-state index in [1.165, 1.54) is 22.9 Å². The highest BCUT2D eigenvalue weighted by Gasteiger charge is 2.06. The Bertz CT molecular complexity index is 684. The first-order valence-electron chi connectivity index (χ1n) is 6.80. The molecule has 2 aromatic rings. The van der Waals surface area contributed by atoms with Gasteiger partial charge in [0.05, 0.1) is 18.4 Å². The monoisotopic (exact) mass is 290 g/mol. The Morgan fingerprint density at radius 2 is 2.00 bits per heavy atom. The molecule has 5 nitrogen and oxygen atoms in total. The van der Waals surface area contributed by atoms with Crippen LogP contribution in [0.25, 0.3) is 0 Å². The normalized spacial score (nSPS) is 10.7. The summed E-state index contributed by atoms with van der Waals surface area (Å²) in [5, 5.41) is 4.14. The Morgan fingerprint density at radius 1 is 1.29 bits per heavy atom. The van der Waals surface area contributed by atoms with Crippen molar-refractivity contribution < 1.29 is 4.39 Å². The molecule has 0 radical (unpaired) electrons. The van der Waals surface area contributed by atoms with Crippen molar-refractivity contribution in [2.24, 2.45) is 5.73 Å². The highest BCUT2D eigenvalue weighted by Crippen LogP contribution is 2.10. The molecule has 0 unspecified atom stereocenters. The molecular weight excluding hydrogens is 271 g/mol. The zero-order valence-electron chi connectivity index (χ0n) is 12.2. The molecule has 0 aliphatic rings. The summed E-state index contributed by atoms with van der Waals surface area (Å²) in [6.45, 7) is 3.26. The van der Waals surface area contributed by atoms with Gasteiger partial charge in [-0.3, -0.25) is 4.79 Å². The van der Waals surface area contributed by atoms with Crippen LogP contribution in [0.1, 0.15) is 18.1 Å². The van der Waals surface area contributed by atoms with Gasteiger partial charge < -0.3 is 10.6 Å². The van der Waals surface area contributed by atoms with Crippen LogP contribution in [0.3, 0.4) is 0 Å². The van der Waals surface area contributed by atoms with Crippen molar-refractivity contribution in [1.82, 2.24) is 9.78 Å². The van der Waals surface area contributed by atoms with E-state index in [1.54, 1.807) is 12.3 Å². The van der Waals surface area contributed by atoms with Crippen molar-refractivity contribution in [3.8, 4) is 0 Å². The van der Waals surface area contributed by atoms with Gasteiger partial charge >= 0.3 is 0 Å². The van der Waals surface area contributed by atoms with Crippen LogP contribution < -0.4 is 16.2 Å². The second-order valence-electron chi connectivity index (χ2n) is 4.90. The summed E-state index contributed by atoms with van der Waals surface area (Å²) in [7, 11) is 1.89. The molecule has 2 rings (SSSR count). The highest BCUT2D eigenvalue weighted by molar-refractivity contribution is 5.41. The van der Waals surface area contributed by atoms with Crippen molar-refractivity contribution >= 4 is 5.69 Å². The van der Waals surface area contributed by atoms with Crippen LogP contribution in [0.4, 0.5) is 10.1 Å². The fourth-order valence-corrected chi connectivity index (χ4v) is 2.03. The van der Waals surface area contributed by atoms with Crippen molar-refractivity contribution in [1.29, 1.82) is 0 Å². The summed E-state index contributed by atoms with van der Waals surface area (Å²) in [4.78, 5) is 14.0. The minimum Gasteiger partial charge on any atom is -0.373 e. The van der Waals surface area contributed by atoms with Gasteiger partial charge in [0.15, 0.2) is 0 Å². The zero-order chi connectivity index (χ0) is 15.4. The van der Waals surface area contributed by atoms with Gasteiger partial charge in [0.2, 0.25) is 0 Å². The Hall–Kier alpha value is -2.21. The van der Waals surface area contributed by atoms with Crippen molar-refractivity contribution in [2.75, 3.05) is 18.5 Å². The molecule has 1 heterocycles. The van der Waals surface area contributed by atoms with Gasteiger partial charge in [-0.2, -0.15) is 5.10 Å². The molecule has 1 aromatic heterocycles. The summed E-state index contributed by atoms with van der Waals surface area (Å²) in [5.74, 6) is -0.358. The smallest absolute Gasteiger partial charge is 0.269 e. The first-order chi connectivity index (χ1) is 10.0. The van der Waals surface area contributed by atoms with Gasteiger partial charge in [-0.05, 0) is 30.2 Å². The van der Waals surface area contributed by atoms with Gasteiger partial charge in [-0.1, -0.05) is 6.07 Å². The third-order valence-electron chi connectivity index (χ3n) is 3.36. The van der Waals surface area contributed by atoms with Gasteiger partial charge in [0.1, 0.15) is 5.82 Å². The van der Waals surface area contributed by atoms with E-state index in [4.69, 9.17) is 5.73 Å². The maximum Gasteiger partial charge on any atom is 0.269 e. The lowest BCUT2D eigenvalue weighted by atomic mass is 10.1. The number of halogens is 1. The molecule has 0 fully saturated rings.